The Morgan fingerprint density at radius 2 is 1.97 bits per heavy atom. The molecular formula is C24H23ClN6O. The molecule has 2 aromatic heterocycles. The Labute approximate surface area is 191 Å². The Morgan fingerprint density at radius 1 is 1.16 bits per heavy atom. The lowest BCUT2D eigenvalue weighted by Crippen LogP contribution is -2.39. The van der Waals surface area contributed by atoms with Crippen molar-refractivity contribution in [1.29, 1.82) is 0 Å². The van der Waals surface area contributed by atoms with E-state index in [4.69, 9.17) is 11.6 Å². The molecule has 0 aliphatic carbocycles. The fourth-order valence-corrected chi connectivity index (χ4v) is 4.67. The van der Waals surface area contributed by atoms with Gasteiger partial charge in [0.15, 0.2) is 5.69 Å². The number of hydrogen-bond donors (Lipinski definition) is 0. The fraction of sp³-hybridized carbons (Fsp3) is 0.250. The lowest BCUT2D eigenvalue weighted by Gasteiger charge is -2.34. The average Bonchev–Trinajstić information content (AvgIpc) is 3.38. The second-order valence-electron chi connectivity index (χ2n) is 8.27. The number of amides is 1. The molecule has 0 bridgehead atoms. The summed E-state index contributed by atoms with van der Waals surface area (Å²) in [5.74, 6) is -0.0835. The molecule has 1 aliphatic heterocycles. The second-order valence-corrected chi connectivity index (χ2v) is 8.68. The number of hydrogen-bond acceptors (Lipinski definition) is 4. The molecule has 0 radical (unpaired) electrons. The first-order valence-corrected chi connectivity index (χ1v) is 10.8. The summed E-state index contributed by atoms with van der Waals surface area (Å²) >= 11 is 6.43. The third kappa shape index (κ3) is 3.48. The third-order valence-electron chi connectivity index (χ3n) is 6.04. The van der Waals surface area contributed by atoms with E-state index >= 15 is 0 Å². The van der Waals surface area contributed by atoms with Gasteiger partial charge in [0.2, 0.25) is 0 Å². The minimum atomic E-state index is -0.139. The van der Waals surface area contributed by atoms with Gasteiger partial charge in [-0.3, -0.25) is 9.48 Å². The third-order valence-corrected chi connectivity index (χ3v) is 6.34. The summed E-state index contributed by atoms with van der Waals surface area (Å²) in [4.78, 5) is 15.4. The number of nitrogens with zero attached hydrogens (tertiary/aromatic N) is 6. The molecule has 0 fully saturated rings. The molecule has 7 nitrogen and oxygen atoms in total. The summed E-state index contributed by atoms with van der Waals surface area (Å²) in [5.41, 5.74) is 6.22. The van der Waals surface area contributed by atoms with Crippen molar-refractivity contribution in [3.63, 3.8) is 0 Å². The van der Waals surface area contributed by atoms with E-state index in [2.05, 4.69) is 27.5 Å². The molecule has 0 saturated carbocycles. The number of benzene rings is 2. The van der Waals surface area contributed by atoms with Gasteiger partial charge in [0, 0.05) is 32.3 Å². The van der Waals surface area contributed by atoms with Crippen LogP contribution in [0.15, 0.2) is 54.9 Å². The standard InChI is InChI=1S/C24H23ClN6O/c1-15-8-9-22(21(25)10-15)31-16(2)23(27-28-31)24(32)30-13-17-6-4-5-7-19(17)20(14-30)18-11-26-29(3)12-18/h4-12,20H,13-14H2,1-3H3. The van der Waals surface area contributed by atoms with Crippen LogP contribution < -0.4 is 0 Å². The van der Waals surface area contributed by atoms with Crippen LogP contribution in [0.25, 0.3) is 5.69 Å². The Kier molecular flexibility index (Phi) is 5.06. The van der Waals surface area contributed by atoms with Gasteiger partial charge in [0.1, 0.15) is 0 Å². The maximum absolute atomic E-state index is 13.6. The van der Waals surface area contributed by atoms with Crippen molar-refractivity contribution in [1.82, 2.24) is 29.7 Å². The minimum Gasteiger partial charge on any atom is -0.332 e. The van der Waals surface area contributed by atoms with Crippen molar-refractivity contribution < 1.29 is 4.79 Å². The zero-order valence-corrected chi connectivity index (χ0v) is 18.9. The largest absolute Gasteiger partial charge is 0.332 e. The van der Waals surface area contributed by atoms with Gasteiger partial charge in [-0.05, 0) is 48.2 Å². The molecule has 0 saturated heterocycles. The molecule has 8 heteroatoms. The highest BCUT2D eigenvalue weighted by atomic mass is 35.5. The van der Waals surface area contributed by atoms with Crippen LogP contribution in [0.4, 0.5) is 0 Å². The summed E-state index contributed by atoms with van der Waals surface area (Å²) in [5, 5.41) is 13.4. The van der Waals surface area contributed by atoms with Crippen molar-refractivity contribution in [2.24, 2.45) is 7.05 Å². The van der Waals surface area contributed by atoms with E-state index in [1.165, 1.54) is 5.56 Å². The molecule has 3 heterocycles. The normalized spacial score (nSPS) is 15.6. The maximum Gasteiger partial charge on any atom is 0.276 e. The highest BCUT2D eigenvalue weighted by Crippen LogP contribution is 2.34. The quantitative estimate of drug-likeness (QED) is 0.476. The van der Waals surface area contributed by atoms with E-state index in [9.17, 15) is 4.79 Å². The predicted octanol–water partition coefficient (Wildman–Crippen LogP) is 4.06. The SMILES string of the molecule is Cc1ccc(-n2nnc(C(=O)N3Cc4ccccc4C(c4cnn(C)c4)C3)c2C)c(Cl)c1. The number of aryl methyl sites for hydroxylation is 2. The molecule has 1 aliphatic rings. The van der Waals surface area contributed by atoms with Crippen molar-refractivity contribution in [2.45, 2.75) is 26.3 Å². The van der Waals surface area contributed by atoms with E-state index in [0.717, 1.165) is 16.7 Å². The van der Waals surface area contributed by atoms with Crippen molar-refractivity contribution in [3.8, 4) is 5.69 Å². The van der Waals surface area contributed by atoms with E-state index in [1.807, 2.05) is 68.5 Å². The summed E-state index contributed by atoms with van der Waals surface area (Å²) in [7, 11) is 1.90. The highest BCUT2D eigenvalue weighted by molar-refractivity contribution is 6.32. The Morgan fingerprint density at radius 3 is 2.72 bits per heavy atom. The van der Waals surface area contributed by atoms with Gasteiger partial charge in [-0.1, -0.05) is 47.1 Å². The highest BCUT2D eigenvalue weighted by Gasteiger charge is 2.32. The van der Waals surface area contributed by atoms with E-state index in [-0.39, 0.29) is 11.8 Å². The van der Waals surface area contributed by atoms with Gasteiger partial charge in [-0.25, -0.2) is 4.68 Å². The zero-order chi connectivity index (χ0) is 22.4. The maximum atomic E-state index is 13.6. The fourth-order valence-electron chi connectivity index (χ4n) is 4.36. The summed E-state index contributed by atoms with van der Waals surface area (Å²) < 4.78 is 3.42. The molecule has 4 aromatic rings. The summed E-state index contributed by atoms with van der Waals surface area (Å²) in [6.45, 7) is 4.91. The van der Waals surface area contributed by atoms with E-state index < -0.39 is 0 Å². The molecular weight excluding hydrogens is 424 g/mol. The van der Waals surface area contributed by atoms with Gasteiger partial charge < -0.3 is 4.90 Å². The molecule has 1 atom stereocenters. The first-order chi connectivity index (χ1) is 15.4. The lowest BCUT2D eigenvalue weighted by atomic mass is 9.86. The van der Waals surface area contributed by atoms with Crippen LogP contribution in [-0.2, 0) is 13.6 Å². The summed E-state index contributed by atoms with van der Waals surface area (Å²) in [6, 6.07) is 14.0. The van der Waals surface area contributed by atoms with Gasteiger partial charge in [-0.2, -0.15) is 5.10 Å². The van der Waals surface area contributed by atoms with Crippen LogP contribution in [0.3, 0.4) is 0 Å². The average molecular weight is 447 g/mol. The molecule has 0 N–H and O–H groups in total. The van der Waals surface area contributed by atoms with Crippen molar-refractivity contribution in [3.05, 3.63) is 93.5 Å². The molecule has 32 heavy (non-hydrogen) atoms. The molecule has 1 amide bonds. The van der Waals surface area contributed by atoms with Crippen LogP contribution in [0, 0.1) is 13.8 Å². The monoisotopic (exact) mass is 446 g/mol. The van der Waals surface area contributed by atoms with E-state index in [1.54, 1.807) is 9.36 Å². The number of carbonyl (C=O) groups excluding carboxylic acids is 1. The van der Waals surface area contributed by atoms with Crippen molar-refractivity contribution >= 4 is 17.5 Å². The Balaban J connectivity index is 1.49. The Hall–Kier alpha value is -3.45. The molecule has 1 unspecified atom stereocenters. The second kappa shape index (κ2) is 7.91. The van der Waals surface area contributed by atoms with Gasteiger partial charge >= 0.3 is 0 Å². The molecule has 0 spiro atoms. The predicted molar refractivity (Wildman–Crippen MR) is 122 cm³/mol. The number of aromatic nitrogens is 5. The smallest absolute Gasteiger partial charge is 0.276 e. The van der Waals surface area contributed by atoms with Crippen LogP contribution in [-0.4, -0.2) is 42.1 Å². The van der Waals surface area contributed by atoms with Gasteiger partial charge in [0.05, 0.1) is 22.6 Å². The number of fused-ring (bicyclic) bond motifs is 1. The first kappa shape index (κ1) is 20.5. The molecule has 162 valence electrons. The van der Waals surface area contributed by atoms with Crippen LogP contribution >= 0.6 is 11.6 Å². The zero-order valence-electron chi connectivity index (χ0n) is 18.2. The topological polar surface area (TPSA) is 68.8 Å². The summed E-state index contributed by atoms with van der Waals surface area (Å²) in [6.07, 6.45) is 3.88. The lowest BCUT2D eigenvalue weighted by molar-refractivity contribution is 0.0718. The van der Waals surface area contributed by atoms with Crippen LogP contribution in [0.5, 0.6) is 0 Å². The van der Waals surface area contributed by atoms with Gasteiger partial charge in [-0.15, -0.1) is 5.10 Å². The number of rotatable bonds is 3. The number of halogens is 1. The van der Waals surface area contributed by atoms with Crippen LogP contribution in [0.1, 0.15) is 44.4 Å². The first-order valence-electron chi connectivity index (χ1n) is 10.5. The molecule has 5 rings (SSSR count). The van der Waals surface area contributed by atoms with Crippen molar-refractivity contribution in [2.75, 3.05) is 6.54 Å². The van der Waals surface area contributed by atoms with E-state index in [0.29, 0.717) is 35.2 Å². The minimum absolute atomic E-state index is 0.0551. The Bertz CT molecular complexity index is 1320. The van der Waals surface area contributed by atoms with Crippen LogP contribution in [0.2, 0.25) is 5.02 Å². The number of carbonyl (C=O) groups is 1. The molecule has 2 aromatic carbocycles. The van der Waals surface area contributed by atoms with Gasteiger partial charge in [0.25, 0.3) is 5.91 Å².